The van der Waals surface area contributed by atoms with Gasteiger partial charge in [-0.3, -0.25) is 9.59 Å². The number of esters is 1. The van der Waals surface area contributed by atoms with Gasteiger partial charge in [-0.15, -0.1) is 0 Å². The molecule has 8 heteroatoms. The molecule has 0 bridgehead atoms. The summed E-state index contributed by atoms with van der Waals surface area (Å²) in [6.45, 7) is 4.05. The van der Waals surface area contributed by atoms with Crippen molar-refractivity contribution in [2.45, 2.75) is 32.4 Å². The van der Waals surface area contributed by atoms with Crippen LogP contribution in [0.4, 0.5) is 0 Å². The van der Waals surface area contributed by atoms with Gasteiger partial charge in [0.15, 0.2) is 0 Å². The molecule has 0 aromatic rings. The fourth-order valence-electron chi connectivity index (χ4n) is 1.30. The number of carbonyl (C=O) groups excluding carboxylic acids is 3. The summed E-state index contributed by atoms with van der Waals surface area (Å²) < 4.78 is 9.54. The number of hydrogen-bond acceptors (Lipinski definition) is 6. The molecule has 0 spiro atoms. The Kier molecular flexibility index (Phi) is 9.31. The van der Waals surface area contributed by atoms with Gasteiger partial charge in [0.1, 0.15) is 12.1 Å². The van der Waals surface area contributed by atoms with E-state index in [0.29, 0.717) is 13.2 Å². The minimum absolute atomic E-state index is 0.143. The zero-order valence-corrected chi connectivity index (χ0v) is 12.1. The molecule has 0 radical (unpaired) electrons. The van der Waals surface area contributed by atoms with E-state index in [4.69, 9.17) is 10.5 Å². The van der Waals surface area contributed by atoms with Crippen molar-refractivity contribution in [1.29, 1.82) is 0 Å². The van der Waals surface area contributed by atoms with Crippen LogP contribution in [0, 0.1) is 0 Å². The minimum atomic E-state index is -0.764. The second kappa shape index (κ2) is 10.2. The maximum atomic E-state index is 11.7. The molecule has 2 atom stereocenters. The van der Waals surface area contributed by atoms with Crippen LogP contribution in [0.15, 0.2) is 0 Å². The molecule has 2 amide bonds. The molecule has 0 aliphatic heterocycles. The smallest absolute Gasteiger partial charge is 0.328 e. The standard InChI is InChI=1S/C12H23N3O5/c1-8(11(17)15-9(2)12(18)19-3)14-10(16)4-6-20-7-5-13/h8-9H,4-7,13H2,1-3H3,(H,14,16)(H,15,17). The molecule has 20 heavy (non-hydrogen) atoms. The third kappa shape index (κ3) is 7.70. The highest BCUT2D eigenvalue weighted by Crippen LogP contribution is 1.91. The second-order valence-corrected chi connectivity index (χ2v) is 4.19. The summed E-state index contributed by atoms with van der Waals surface area (Å²) in [5, 5.41) is 4.94. The monoisotopic (exact) mass is 289 g/mol. The normalized spacial score (nSPS) is 13.2. The number of ether oxygens (including phenoxy) is 2. The molecular formula is C12H23N3O5. The molecule has 4 N–H and O–H groups in total. The molecule has 0 saturated carbocycles. The van der Waals surface area contributed by atoms with Gasteiger partial charge in [0.05, 0.1) is 20.3 Å². The van der Waals surface area contributed by atoms with Crippen molar-refractivity contribution < 1.29 is 23.9 Å². The molecule has 0 heterocycles. The summed E-state index contributed by atoms with van der Waals surface area (Å²) in [6, 6.07) is -1.51. The first-order valence-corrected chi connectivity index (χ1v) is 6.37. The van der Waals surface area contributed by atoms with Crippen molar-refractivity contribution in [3.8, 4) is 0 Å². The molecule has 0 aliphatic carbocycles. The Balaban J connectivity index is 4.00. The minimum Gasteiger partial charge on any atom is -0.467 e. The lowest BCUT2D eigenvalue weighted by Gasteiger charge is -2.17. The van der Waals surface area contributed by atoms with Gasteiger partial charge in [-0.25, -0.2) is 4.79 Å². The first-order valence-electron chi connectivity index (χ1n) is 6.37. The Hall–Kier alpha value is -1.67. The molecule has 0 aromatic heterocycles. The molecule has 0 aromatic carbocycles. The highest BCUT2D eigenvalue weighted by atomic mass is 16.5. The van der Waals surface area contributed by atoms with Crippen LogP contribution in [0.1, 0.15) is 20.3 Å². The Labute approximate surface area is 118 Å². The van der Waals surface area contributed by atoms with Crippen LogP contribution in [0.2, 0.25) is 0 Å². The van der Waals surface area contributed by atoms with E-state index >= 15 is 0 Å². The number of rotatable bonds is 9. The van der Waals surface area contributed by atoms with Gasteiger partial charge in [0.25, 0.3) is 0 Å². The van der Waals surface area contributed by atoms with Crippen LogP contribution in [-0.4, -0.2) is 56.7 Å². The molecule has 8 nitrogen and oxygen atoms in total. The van der Waals surface area contributed by atoms with Gasteiger partial charge in [-0.05, 0) is 13.8 Å². The van der Waals surface area contributed by atoms with Crippen molar-refractivity contribution in [3.63, 3.8) is 0 Å². The summed E-state index contributed by atoms with van der Waals surface area (Å²) in [5.74, 6) is -1.32. The molecule has 0 saturated heterocycles. The predicted molar refractivity (Wildman–Crippen MR) is 71.7 cm³/mol. The van der Waals surface area contributed by atoms with Crippen LogP contribution < -0.4 is 16.4 Å². The lowest BCUT2D eigenvalue weighted by Crippen LogP contribution is -2.49. The number of hydrogen-bond donors (Lipinski definition) is 3. The number of nitrogens with one attached hydrogen (secondary N) is 2. The van der Waals surface area contributed by atoms with Crippen LogP contribution in [-0.2, 0) is 23.9 Å². The van der Waals surface area contributed by atoms with Gasteiger partial charge in [0, 0.05) is 13.0 Å². The van der Waals surface area contributed by atoms with Gasteiger partial charge in [-0.1, -0.05) is 0 Å². The van der Waals surface area contributed by atoms with Crippen molar-refractivity contribution in [2.24, 2.45) is 5.73 Å². The lowest BCUT2D eigenvalue weighted by atomic mass is 10.2. The molecule has 0 rings (SSSR count). The SMILES string of the molecule is COC(=O)C(C)NC(=O)C(C)NC(=O)CCOCCN. The Morgan fingerprint density at radius 3 is 2.30 bits per heavy atom. The average Bonchev–Trinajstić information content (AvgIpc) is 2.42. The van der Waals surface area contributed by atoms with E-state index in [-0.39, 0.29) is 18.9 Å². The summed E-state index contributed by atoms with van der Waals surface area (Å²) in [6.07, 6.45) is 0.143. The summed E-state index contributed by atoms with van der Waals surface area (Å²) in [7, 11) is 1.23. The van der Waals surface area contributed by atoms with Crippen LogP contribution >= 0.6 is 0 Å². The highest BCUT2D eigenvalue weighted by Gasteiger charge is 2.21. The van der Waals surface area contributed by atoms with E-state index < -0.39 is 24.0 Å². The number of carbonyl (C=O) groups is 3. The average molecular weight is 289 g/mol. The highest BCUT2D eigenvalue weighted by molar-refractivity contribution is 5.90. The van der Waals surface area contributed by atoms with E-state index in [1.54, 1.807) is 0 Å². The fraction of sp³-hybridized carbons (Fsp3) is 0.750. The molecular weight excluding hydrogens is 266 g/mol. The van der Waals surface area contributed by atoms with E-state index in [1.807, 2.05) is 0 Å². The lowest BCUT2D eigenvalue weighted by molar-refractivity contribution is -0.144. The zero-order chi connectivity index (χ0) is 15.5. The number of amides is 2. The van der Waals surface area contributed by atoms with Crippen molar-refractivity contribution >= 4 is 17.8 Å². The quantitative estimate of drug-likeness (QED) is 0.352. The second-order valence-electron chi connectivity index (χ2n) is 4.19. The fourth-order valence-corrected chi connectivity index (χ4v) is 1.30. The summed E-state index contributed by atoms with van der Waals surface area (Å²) >= 11 is 0. The van der Waals surface area contributed by atoms with E-state index in [1.165, 1.54) is 21.0 Å². The van der Waals surface area contributed by atoms with Crippen LogP contribution in [0.5, 0.6) is 0 Å². The Morgan fingerprint density at radius 2 is 1.75 bits per heavy atom. The number of methoxy groups -OCH3 is 1. The van der Waals surface area contributed by atoms with Crippen molar-refractivity contribution in [3.05, 3.63) is 0 Å². The van der Waals surface area contributed by atoms with Crippen molar-refractivity contribution in [2.75, 3.05) is 26.9 Å². The third-order valence-corrected chi connectivity index (χ3v) is 2.42. The van der Waals surface area contributed by atoms with Crippen LogP contribution in [0.25, 0.3) is 0 Å². The zero-order valence-electron chi connectivity index (χ0n) is 12.1. The van der Waals surface area contributed by atoms with Gasteiger partial charge >= 0.3 is 5.97 Å². The Bertz CT molecular complexity index is 335. The first-order chi connectivity index (χ1) is 9.42. The van der Waals surface area contributed by atoms with Gasteiger partial charge in [-0.2, -0.15) is 0 Å². The maximum Gasteiger partial charge on any atom is 0.328 e. The van der Waals surface area contributed by atoms with E-state index in [9.17, 15) is 14.4 Å². The predicted octanol–water partition coefficient (Wildman–Crippen LogP) is -1.47. The molecule has 116 valence electrons. The largest absolute Gasteiger partial charge is 0.467 e. The van der Waals surface area contributed by atoms with Crippen molar-refractivity contribution in [1.82, 2.24) is 10.6 Å². The van der Waals surface area contributed by atoms with E-state index in [0.717, 1.165) is 0 Å². The molecule has 0 aliphatic rings. The summed E-state index contributed by atoms with van der Waals surface area (Å²) in [5.41, 5.74) is 5.23. The number of nitrogens with two attached hydrogens (primary N) is 1. The maximum absolute atomic E-state index is 11.7. The van der Waals surface area contributed by atoms with Gasteiger partial charge < -0.3 is 25.8 Å². The summed E-state index contributed by atoms with van der Waals surface area (Å²) in [4.78, 5) is 34.4. The molecule has 0 fully saturated rings. The molecule has 2 unspecified atom stereocenters. The van der Waals surface area contributed by atoms with E-state index in [2.05, 4.69) is 15.4 Å². The van der Waals surface area contributed by atoms with Crippen LogP contribution in [0.3, 0.4) is 0 Å². The third-order valence-electron chi connectivity index (χ3n) is 2.42. The first kappa shape index (κ1) is 18.3. The van der Waals surface area contributed by atoms with Gasteiger partial charge in [0.2, 0.25) is 11.8 Å². The Morgan fingerprint density at radius 1 is 1.10 bits per heavy atom. The topological polar surface area (TPSA) is 120 Å².